The summed E-state index contributed by atoms with van der Waals surface area (Å²) in [5, 5.41) is 11.4. The van der Waals surface area contributed by atoms with Crippen molar-refractivity contribution in [1.29, 1.82) is 0 Å². The number of nitrogens with one attached hydrogen (secondary N) is 1. The van der Waals surface area contributed by atoms with Gasteiger partial charge < -0.3 is 9.84 Å². The Morgan fingerprint density at radius 3 is 2.59 bits per heavy atom. The molecule has 2 N–H and O–H groups in total. The molecule has 10 heteroatoms. The number of rotatable bonds is 6. The van der Waals surface area contributed by atoms with E-state index in [9.17, 15) is 18.3 Å². The number of anilines is 1. The van der Waals surface area contributed by atoms with Gasteiger partial charge >= 0.3 is 5.97 Å². The van der Waals surface area contributed by atoms with Crippen LogP contribution in [0.25, 0.3) is 0 Å². The number of sulfonamides is 1. The lowest BCUT2D eigenvalue weighted by molar-refractivity contribution is -0.160. The van der Waals surface area contributed by atoms with Gasteiger partial charge in [0.2, 0.25) is 0 Å². The zero-order valence-corrected chi connectivity index (χ0v) is 22.8. The molecule has 37 heavy (non-hydrogen) atoms. The molecule has 6 nitrogen and oxygen atoms in total. The van der Waals surface area contributed by atoms with E-state index in [1.54, 1.807) is 24.3 Å². The van der Waals surface area contributed by atoms with Crippen molar-refractivity contribution in [2.75, 3.05) is 4.72 Å². The molecule has 1 saturated carbocycles. The van der Waals surface area contributed by atoms with E-state index in [4.69, 9.17) is 39.5 Å². The minimum atomic E-state index is -4.08. The maximum absolute atomic E-state index is 13.2. The van der Waals surface area contributed by atoms with Gasteiger partial charge in [-0.2, -0.15) is 0 Å². The van der Waals surface area contributed by atoms with Crippen LogP contribution >= 0.6 is 34.8 Å². The Morgan fingerprint density at radius 1 is 1.05 bits per heavy atom. The number of esters is 1. The summed E-state index contributed by atoms with van der Waals surface area (Å²) in [6.07, 6.45) is 9.15. The van der Waals surface area contributed by atoms with Crippen molar-refractivity contribution < 1.29 is 23.1 Å². The average molecular weight is 583 g/mol. The van der Waals surface area contributed by atoms with Gasteiger partial charge in [0.25, 0.3) is 10.0 Å². The Bertz CT molecular complexity index is 1390. The molecule has 2 aromatic rings. The van der Waals surface area contributed by atoms with Crippen molar-refractivity contribution in [3.63, 3.8) is 0 Å². The number of allylic oxidation sites excluding steroid dienone is 3. The fourth-order valence-electron chi connectivity index (χ4n) is 5.33. The first-order valence-electron chi connectivity index (χ1n) is 12.2. The van der Waals surface area contributed by atoms with Gasteiger partial charge in [0.1, 0.15) is 10.7 Å². The van der Waals surface area contributed by atoms with Gasteiger partial charge in [0.15, 0.2) is 0 Å². The molecule has 3 aliphatic rings. The standard InChI is InChI=1S/C27H26Cl3NO5S/c28-19-12-13-21(25(30)24(19)29)37(34,35)31-17-7-5-6-16(14-17)22(15-10-11-15)23-26(32)18-8-3-1-2-4-9-20(18)36-27(23)33/h2,4-7,9,12-15,18,22-23,26,31-32H,1,3,8,10-11H2. The summed E-state index contributed by atoms with van der Waals surface area (Å²) in [5.74, 6) is -1.04. The second-order valence-electron chi connectivity index (χ2n) is 9.74. The number of carbonyl (C=O) groups excluding carboxylic acids is 1. The van der Waals surface area contributed by atoms with E-state index in [1.807, 2.05) is 18.2 Å². The van der Waals surface area contributed by atoms with Crippen LogP contribution in [0.15, 0.2) is 65.3 Å². The Balaban J connectivity index is 1.45. The van der Waals surface area contributed by atoms with E-state index in [-0.39, 0.29) is 37.7 Å². The Labute approximate surface area is 231 Å². The van der Waals surface area contributed by atoms with Crippen molar-refractivity contribution >= 4 is 56.5 Å². The number of halogens is 3. The van der Waals surface area contributed by atoms with Gasteiger partial charge in [-0.05, 0) is 73.9 Å². The second-order valence-corrected chi connectivity index (χ2v) is 12.6. The molecule has 5 rings (SSSR count). The highest BCUT2D eigenvalue weighted by Gasteiger charge is 2.50. The molecule has 2 aliphatic carbocycles. The molecule has 1 heterocycles. The number of aliphatic hydroxyl groups excluding tert-OH is 1. The molecule has 2 fully saturated rings. The molecule has 0 spiro atoms. The summed E-state index contributed by atoms with van der Waals surface area (Å²) in [5.41, 5.74) is 1.07. The van der Waals surface area contributed by atoms with Gasteiger partial charge in [-0.3, -0.25) is 9.52 Å². The lowest BCUT2D eigenvalue weighted by Crippen LogP contribution is -2.45. The number of aliphatic hydroxyl groups is 1. The number of benzene rings is 2. The SMILES string of the molecule is O=C1OC2=CC=CCCCC2C(O)C1C(c1cccc(NS(=O)(=O)c2ccc(Cl)c(Cl)c2Cl)c1)C1CC1. The minimum Gasteiger partial charge on any atom is -0.430 e. The monoisotopic (exact) mass is 581 g/mol. The topological polar surface area (TPSA) is 92.7 Å². The molecule has 1 aliphatic heterocycles. The maximum Gasteiger partial charge on any atom is 0.317 e. The van der Waals surface area contributed by atoms with Crippen molar-refractivity contribution in [1.82, 2.24) is 0 Å². The Hall–Kier alpha value is -2.03. The third kappa shape index (κ3) is 5.43. The average Bonchev–Trinajstić information content (AvgIpc) is 3.66. The van der Waals surface area contributed by atoms with Crippen molar-refractivity contribution in [3.05, 3.63) is 81.0 Å². The van der Waals surface area contributed by atoms with Gasteiger partial charge in [0, 0.05) is 17.5 Å². The van der Waals surface area contributed by atoms with Crippen molar-refractivity contribution in [2.24, 2.45) is 17.8 Å². The first kappa shape index (κ1) is 26.6. The molecule has 0 radical (unpaired) electrons. The Kier molecular flexibility index (Phi) is 7.63. The quantitative estimate of drug-likeness (QED) is 0.292. The zero-order chi connectivity index (χ0) is 26.3. The van der Waals surface area contributed by atoms with Crippen LogP contribution in [-0.4, -0.2) is 25.6 Å². The van der Waals surface area contributed by atoms with Crippen LogP contribution < -0.4 is 4.72 Å². The third-order valence-corrected chi connectivity index (χ3v) is 10.1. The van der Waals surface area contributed by atoms with Gasteiger partial charge in [-0.25, -0.2) is 8.42 Å². The van der Waals surface area contributed by atoms with Gasteiger partial charge in [-0.1, -0.05) is 59.1 Å². The van der Waals surface area contributed by atoms with Gasteiger partial charge in [0.05, 0.1) is 27.1 Å². The molecule has 4 unspecified atom stereocenters. The van der Waals surface area contributed by atoms with Crippen LogP contribution in [0, 0.1) is 17.8 Å². The summed E-state index contributed by atoms with van der Waals surface area (Å²) >= 11 is 18.2. The zero-order valence-electron chi connectivity index (χ0n) is 19.7. The van der Waals surface area contributed by atoms with E-state index in [1.165, 1.54) is 12.1 Å². The van der Waals surface area contributed by atoms with E-state index < -0.39 is 28.0 Å². The number of hydrogen-bond acceptors (Lipinski definition) is 5. The van der Waals surface area contributed by atoms with E-state index in [2.05, 4.69) is 4.72 Å². The fourth-order valence-corrected chi connectivity index (χ4v) is 7.35. The molecule has 0 aromatic heterocycles. The molecule has 2 aromatic carbocycles. The summed E-state index contributed by atoms with van der Waals surface area (Å²) in [6, 6.07) is 9.57. The number of carbonyl (C=O) groups is 1. The molecule has 0 amide bonds. The first-order valence-corrected chi connectivity index (χ1v) is 14.8. The molecule has 196 valence electrons. The summed E-state index contributed by atoms with van der Waals surface area (Å²) in [4.78, 5) is 13.0. The second kappa shape index (κ2) is 10.6. The highest BCUT2D eigenvalue weighted by atomic mass is 35.5. The van der Waals surface area contributed by atoms with Crippen molar-refractivity contribution in [2.45, 2.75) is 49.0 Å². The first-order chi connectivity index (χ1) is 17.7. The predicted octanol–water partition coefficient (Wildman–Crippen LogP) is 6.72. The van der Waals surface area contributed by atoms with Gasteiger partial charge in [-0.15, -0.1) is 0 Å². The summed E-state index contributed by atoms with van der Waals surface area (Å²) in [7, 11) is -4.08. The lowest BCUT2D eigenvalue weighted by atomic mass is 9.72. The molecular weight excluding hydrogens is 557 g/mol. The predicted molar refractivity (Wildman–Crippen MR) is 144 cm³/mol. The van der Waals surface area contributed by atoms with Crippen LogP contribution in [0.5, 0.6) is 0 Å². The highest BCUT2D eigenvalue weighted by Crippen LogP contribution is 2.51. The largest absolute Gasteiger partial charge is 0.430 e. The summed E-state index contributed by atoms with van der Waals surface area (Å²) in [6.45, 7) is 0. The Morgan fingerprint density at radius 2 is 1.84 bits per heavy atom. The normalized spacial score (nSPS) is 24.8. The summed E-state index contributed by atoms with van der Waals surface area (Å²) < 4.78 is 34.5. The number of fused-ring (bicyclic) bond motifs is 1. The van der Waals surface area contributed by atoms with Crippen LogP contribution in [-0.2, 0) is 19.6 Å². The smallest absolute Gasteiger partial charge is 0.317 e. The minimum absolute atomic E-state index is 0.0447. The third-order valence-electron chi connectivity index (χ3n) is 7.25. The molecule has 4 atom stereocenters. The van der Waals surface area contributed by atoms with Crippen LogP contribution in [0.3, 0.4) is 0 Å². The van der Waals surface area contributed by atoms with E-state index in [0.29, 0.717) is 11.4 Å². The van der Waals surface area contributed by atoms with Crippen LogP contribution in [0.1, 0.15) is 43.6 Å². The number of ether oxygens (including phenoxy) is 1. The van der Waals surface area contributed by atoms with Crippen LogP contribution in [0.2, 0.25) is 15.1 Å². The van der Waals surface area contributed by atoms with Crippen molar-refractivity contribution in [3.8, 4) is 0 Å². The molecular formula is C27H26Cl3NO5S. The van der Waals surface area contributed by atoms with E-state index >= 15 is 0 Å². The number of hydrogen-bond donors (Lipinski definition) is 2. The fraction of sp³-hybridized carbons (Fsp3) is 0.370. The highest BCUT2D eigenvalue weighted by molar-refractivity contribution is 7.92. The van der Waals surface area contributed by atoms with Crippen LogP contribution in [0.4, 0.5) is 5.69 Å². The molecule has 1 saturated heterocycles. The molecule has 0 bridgehead atoms. The van der Waals surface area contributed by atoms with E-state index in [0.717, 1.165) is 37.7 Å². The lowest BCUT2D eigenvalue weighted by Gasteiger charge is -2.39. The maximum atomic E-state index is 13.2.